The predicted octanol–water partition coefficient (Wildman–Crippen LogP) is 1.67. The molecule has 0 bridgehead atoms. The van der Waals surface area contributed by atoms with Gasteiger partial charge in [0.2, 0.25) is 0 Å². The summed E-state index contributed by atoms with van der Waals surface area (Å²) in [5.74, 6) is 1.26. The summed E-state index contributed by atoms with van der Waals surface area (Å²) in [6, 6.07) is 3.71. The van der Waals surface area contributed by atoms with Crippen LogP contribution in [0.25, 0.3) is 0 Å². The molecule has 0 spiro atoms. The Balaban J connectivity index is 1.95. The first kappa shape index (κ1) is 10.8. The average Bonchev–Trinajstić information content (AvgIpc) is 2.77. The number of hydrogen-bond acceptors (Lipinski definition) is 4. The van der Waals surface area contributed by atoms with E-state index in [1.165, 1.54) is 6.33 Å². The molecule has 0 aliphatic carbocycles. The van der Waals surface area contributed by atoms with E-state index in [9.17, 15) is 4.79 Å². The summed E-state index contributed by atoms with van der Waals surface area (Å²) in [5.41, 5.74) is -0.350. The van der Waals surface area contributed by atoms with Crippen molar-refractivity contribution in [2.75, 3.05) is 11.9 Å². The van der Waals surface area contributed by atoms with Gasteiger partial charge in [-0.1, -0.05) is 11.6 Å². The molecule has 2 aromatic heterocycles. The number of halogens is 1. The third kappa shape index (κ3) is 2.43. The number of furan rings is 1. The van der Waals surface area contributed by atoms with Crippen molar-refractivity contribution in [2.45, 2.75) is 6.42 Å². The first-order chi connectivity index (χ1) is 7.77. The normalized spacial score (nSPS) is 10.3. The molecule has 0 fully saturated rings. The zero-order chi connectivity index (χ0) is 11.4. The monoisotopic (exact) mass is 239 g/mol. The zero-order valence-electron chi connectivity index (χ0n) is 8.37. The van der Waals surface area contributed by atoms with E-state index < -0.39 is 0 Å². The van der Waals surface area contributed by atoms with Crippen LogP contribution in [0.15, 0.2) is 33.9 Å². The molecule has 0 saturated heterocycles. The number of nitrogens with zero attached hydrogens (tertiary/aromatic N) is 1. The maximum absolute atomic E-state index is 11.1. The lowest BCUT2D eigenvalue weighted by Crippen LogP contribution is -2.13. The number of H-pyrrole nitrogens is 1. The lowest BCUT2D eigenvalue weighted by Gasteiger charge is -2.04. The maximum Gasteiger partial charge on any atom is 0.271 e. The molecule has 0 atom stereocenters. The Morgan fingerprint density at radius 1 is 1.56 bits per heavy atom. The van der Waals surface area contributed by atoms with Gasteiger partial charge in [0, 0.05) is 13.0 Å². The summed E-state index contributed by atoms with van der Waals surface area (Å²) < 4.78 is 5.16. The molecule has 0 aromatic carbocycles. The van der Waals surface area contributed by atoms with Crippen LogP contribution in [0.1, 0.15) is 5.76 Å². The quantitative estimate of drug-likeness (QED) is 0.852. The molecule has 0 radical (unpaired) electrons. The molecule has 0 amide bonds. The Morgan fingerprint density at radius 2 is 2.44 bits per heavy atom. The minimum absolute atomic E-state index is 0.0712. The van der Waals surface area contributed by atoms with Crippen molar-refractivity contribution >= 4 is 17.4 Å². The number of rotatable bonds is 4. The molecule has 0 aliphatic rings. The van der Waals surface area contributed by atoms with Gasteiger partial charge in [-0.05, 0) is 12.1 Å². The first-order valence-electron chi connectivity index (χ1n) is 4.77. The second-order valence-corrected chi connectivity index (χ2v) is 3.53. The molecular weight excluding hydrogens is 230 g/mol. The van der Waals surface area contributed by atoms with E-state index in [-0.39, 0.29) is 10.6 Å². The van der Waals surface area contributed by atoms with Crippen LogP contribution in [0.4, 0.5) is 5.82 Å². The van der Waals surface area contributed by atoms with Crippen LogP contribution in [-0.2, 0) is 6.42 Å². The highest BCUT2D eigenvalue weighted by Gasteiger charge is 2.04. The van der Waals surface area contributed by atoms with E-state index in [4.69, 9.17) is 16.0 Å². The highest BCUT2D eigenvalue weighted by atomic mass is 35.5. The maximum atomic E-state index is 11.1. The van der Waals surface area contributed by atoms with Gasteiger partial charge in [-0.25, -0.2) is 4.98 Å². The van der Waals surface area contributed by atoms with E-state index in [0.717, 1.165) is 5.76 Å². The Bertz CT molecular complexity index is 507. The number of nitrogens with one attached hydrogen (secondary N) is 2. The molecule has 5 nitrogen and oxygen atoms in total. The second kappa shape index (κ2) is 4.85. The molecule has 84 valence electrons. The van der Waals surface area contributed by atoms with Gasteiger partial charge in [0.05, 0.1) is 12.6 Å². The molecule has 0 saturated carbocycles. The molecular formula is C10H10ClN3O2. The van der Waals surface area contributed by atoms with Crippen molar-refractivity contribution in [2.24, 2.45) is 0 Å². The Labute approximate surface area is 96.5 Å². The Morgan fingerprint density at radius 3 is 3.19 bits per heavy atom. The fraction of sp³-hybridized carbons (Fsp3) is 0.200. The third-order valence-corrected chi connectivity index (χ3v) is 2.39. The molecule has 0 unspecified atom stereocenters. The zero-order valence-corrected chi connectivity index (χ0v) is 9.12. The van der Waals surface area contributed by atoms with Crippen LogP contribution in [-0.4, -0.2) is 16.5 Å². The van der Waals surface area contributed by atoms with Gasteiger partial charge in [0.15, 0.2) is 5.82 Å². The Kier molecular flexibility index (Phi) is 3.26. The Hall–Kier alpha value is -1.75. The van der Waals surface area contributed by atoms with Crippen molar-refractivity contribution in [3.63, 3.8) is 0 Å². The highest BCUT2D eigenvalue weighted by molar-refractivity contribution is 6.32. The SMILES string of the molecule is O=c1[nH]cnc(NCCc2ccco2)c1Cl. The first-order valence-corrected chi connectivity index (χ1v) is 5.14. The van der Waals surface area contributed by atoms with Gasteiger partial charge in [0.1, 0.15) is 10.8 Å². The fourth-order valence-electron chi connectivity index (χ4n) is 1.27. The minimum Gasteiger partial charge on any atom is -0.469 e. The summed E-state index contributed by atoms with van der Waals surface area (Å²) in [6.07, 6.45) is 3.63. The molecule has 2 rings (SSSR count). The minimum atomic E-state index is -0.350. The number of anilines is 1. The van der Waals surface area contributed by atoms with Crippen molar-refractivity contribution in [3.05, 3.63) is 45.9 Å². The van der Waals surface area contributed by atoms with Gasteiger partial charge in [-0.2, -0.15) is 0 Å². The van der Waals surface area contributed by atoms with Crippen molar-refractivity contribution < 1.29 is 4.42 Å². The topological polar surface area (TPSA) is 70.9 Å². The third-order valence-electron chi connectivity index (χ3n) is 2.04. The van der Waals surface area contributed by atoms with Gasteiger partial charge < -0.3 is 14.7 Å². The summed E-state index contributed by atoms with van der Waals surface area (Å²) in [6.45, 7) is 0.601. The standard InChI is InChI=1S/C10H10ClN3O2/c11-8-9(13-6-14-10(8)15)12-4-3-7-2-1-5-16-7/h1-2,5-6H,3-4H2,(H2,12,13,14,15). The summed E-state index contributed by atoms with van der Waals surface area (Å²) in [5, 5.41) is 3.04. The number of aromatic nitrogens is 2. The lowest BCUT2D eigenvalue weighted by atomic mass is 10.3. The molecule has 2 N–H and O–H groups in total. The summed E-state index contributed by atoms with van der Waals surface area (Å²) >= 11 is 5.76. The van der Waals surface area contributed by atoms with E-state index >= 15 is 0 Å². The van der Waals surface area contributed by atoms with Crippen LogP contribution in [0, 0.1) is 0 Å². The molecule has 6 heteroatoms. The van der Waals surface area contributed by atoms with E-state index in [1.807, 2.05) is 12.1 Å². The van der Waals surface area contributed by atoms with Crippen molar-refractivity contribution in [3.8, 4) is 0 Å². The van der Waals surface area contributed by atoms with Crippen LogP contribution >= 0.6 is 11.6 Å². The summed E-state index contributed by atoms with van der Waals surface area (Å²) in [4.78, 5) is 17.5. The molecule has 2 aromatic rings. The highest BCUT2D eigenvalue weighted by Crippen LogP contribution is 2.12. The molecule has 16 heavy (non-hydrogen) atoms. The van der Waals surface area contributed by atoms with Crippen LogP contribution < -0.4 is 10.9 Å². The smallest absolute Gasteiger partial charge is 0.271 e. The van der Waals surface area contributed by atoms with E-state index in [2.05, 4.69) is 15.3 Å². The lowest BCUT2D eigenvalue weighted by molar-refractivity contribution is 0.513. The van der Waals surface area contributed by atoms with Crippen LogP contribution in [0.3, 0.4) is 0 Å². The number of aromatic amines is 1. The molecule has 2 heterocycles. The largest absolute Gasteiger partial charge is 0.469 e. The van der Waals surface area contributed by atoms with Crippen LogP contribution in [0.2, 0.25) is 5.02 Å². The van der Waals surface area contributed by atoms with Crippen LogP contribution in [0.5, 0.6) is 0 Å². The van der Waals surface area contributed by atoms with Crippen molar-refractivity contribution in [1.29, 1.82) is 0 Å². The van der Waals surface area contributed by atoms with Gasteiger partial charge in [0.25, 0.3) is 5.56 Å². The molecule has 0 aliphatic heterocycles. The number of hydrogen-bond donors (Lipinski definition) is 2. The van der Waals surface area contributed by atoms with Crippen molar-refractivity contribution in [1.82, 2.24) is 9.97 Å². The predicted molar refractivity (Wildman–Crippen MR) is 60.8 cm³/mol. The second-order valence-electron chi connectivity index (χ2n) is 3.15. The average molecular weight is 240 g/mol. The fourth-order valence-corrected chi connectivity index (χ4v) is 1.44. The van der Waals surface area contributed by atoms with Gasteiger partial charge >= 0.3 is 0 Å². The van der Waals surface area contributed by atoms with E-state index in [1.54, 1.807) is 6.26 Å². The van der Waals surface area contributed by atoms with Gasteiger partial charge in [-0.15, -0.1) is 0 Å². The van der Waals surface area contributed by atoms with Gasteiger partial charge in [-0.3, -0.25) is 4.79 Å². The summed E-state index contributed by atoms with van der Waals surface area (Å²) in [7, 11) is 0. The van der Waals surface area contributed by atoms with E-state index in [0.29, 0.717) is 18.8 Å².